The lowest BCUT2D eigenvalue weighted by Crippen LogP contribution is -2.09. The van der Waals surface area contributed by atoms with Gasteiger partial charge in [0, 0.05) is 5.56 Å². The van der Waals surface area contributed by atoms with E-state index in [0.29, 0.717) is 0 Å². The fourth-order valence-electron chi connectivity index (χ4n) is 2.53. The molecule has 2 N–H and O–H groups in total. The average molecular weight is 354 g/mol. The zero-order valence-corrected chi connectivity index (χ0v) is 13.8. The maximum atomic E-state index is 13.0. The minimum Gasteiger partial charge on any atom is -0.478 e. The highest BCUT2D eigenvalue weighted by Crippen LogP contribution is 2.18. The molecule has 0 heterocycles. The normalized spacial score (nSPS) is 9.92. The lowest BCUT2D eigenvalue weighted by molar-refractivity contribution is 0.0691. The Morgan fingerprint density at radius 1 is 0.923 bits per heavy atom. The van der Waals surface area contributed by atoms with Crippen molar-refractivity contribution in [1.29, 1.82) is 0 Å². The second-order valence-electron chi connectivity index (χ2n) is 5.39. The maximum absolute atomic E-state index is 13.0. The lowest BCUT2D eigenvalue weighted by Gasteiger charge is -2.05. The van der Waals surface area contributed by atoms with Gasteiger partial charge in [0.25, 0.3) is 0 Å². The van der Waals surface area contributed by atoms with Gasteiger partial charge in [0.1, 0.15) is 5.82 Å². The third-order valence-corrected chi connectivity index (χ3v) is 3.81. The monoisotopic (exact) mass is 354 g/mol. The number of carboxylic acids is 2. The molecule has 0 spiro atoms. The number of hydrogen-bond donors (Lipinski definition) is 2. The van der Waals surface area contributed by atoms with Crippen LogP contribution in [0.15, 0.2) is 54.6 Å². The molecule has 0 unspecified atom stereocenters. The number of halogens is 1. The molecule has 0 aliphatic carbocycles. The molecule has 0 fully saturated rings. The highest BCUT2D eigenvalue weighted by Gasteiger charge is 2.19. The summed E-state index contributed by atoms with van der Waals surface area (Å²) in [4.78, 5) is 31.8. The summed E-state index contributed by atoms with van der Waals surface area (Å²) in [7, 11) is 0. The summed E-state index contributed by atoms with van der Waals surface area (Å²) in [5, 5.41) is 19.4. The Morgan fingerprint density at radius 3 is 2.19 bits per heavy atom. The molecule has 26 heavy (non-hydrogen) atoms. The number of carbonyl (C=O) groups excluding carboxylic acids is 1. The van der Waals surface area contributed by atoms with Gasteiger partial charge < -0.3 is 10.2 Å². The number of aromatic carboxylic acids is 2. The van der Waals surface area contributed by atoms with Crippen LogP contribution in [0.4, 0.5) is 4.39 Å². The van der Waals surface area contributed by atoms with E-state index in [4.69, 9.17) is 10.2 Å². The summed E-state index contributed by atoms with van der Waals surface area (Å²) in [6.07, 6.45) is 0.891. The molecule has 0 saturated heterocycles. The number of rotatable bonds is 3. The van der Waals surface area contributed by atoms with Gasteiger partial charge in [-0.1, -0.05) is 42.5 Å². The molecule has 0 radical (unpaired) electrons. The third kappa shape index (κ3) is 3.92. The number of fused-ring (bicyclic) bond motifs is 1. The standard InChI is InChI=1S/C11H8O.C9H7FO4/c12-8-10-6-3-5-9-4-1-2-7-11(9)10;1-4-5(8(11)12)2-3-6(10)7(4)9(13)14/h1-8H;2-3H,1H3,(H,11,12)(H,13,14). The minimum absolute atomic E-state index is 0.0787. The van der Waals surface area contributed by atoms with E-state index < -0.39 is 23.3 Å². The molecule has 0 amide bonds. The van der Waals surface area contributed by atoms with Crippen LogP contribution in [-0.4, -0.2) is 28.4 Å². The van der Waals surface area contributed by atoms with Gasteiger partial charge in [0.05, 0.1) is 11.1 Å². The zero-order chi connectivity index (χ0) is 19.3. The van der Waals surface area contributed by atoms with Crippen molar-refractivity contribution in [1.82, 2.24) is 0 Å². The summed E-state index contributed by atoms with van der Waals surface area (Å²) >= 11 is 0. The highest BCUT2D eigenvalue weighted by atomic mass is 19.1. The van der Waals surface area contributed by atoms with Crippen LogP contribution in [0.3, 0.4) is 0 Å². The number of aldehydes is 1. The number of hydrogen-bond acceptors (Lipinski definition) is 3. The molecule has 0 aliphatic rings. The van der Waals surface area contributed by atoms with Gasteiger partial charge in [-0.15, -0.1) is 0 Å². The summed E-state index contributed by atoms with van der Waals surface area (Å²) in [6.45, 7) is 1.26. The predicted octanol–water partition coefficient (Wildman–Crippen LogP) is 4.18. The first-order chi connectivity index (χ1) is 12.4. The lowest BCUT2D eigenvalue weighted by atomic mass is 10.0. The molecule has 132 valence electrons. The summed E-state index contributed by atoms with van der Waals surface area (Å²) in [5.74, 6) is -3.67. The number of carbonyl (C=O) groups is 3. The van der Waals surface area contributed by atoms with Gasteiger partial charge in [-0.05, 0) is 35.4 Å². The summed E-state index contributed by atoms with van der Waals surface area (Å²) in [5.41, 5.74) is -0.119. The molecule has 3 aromatic carbocycles. The van der Waals surface area contributed by atoms with Crippen LogP contribution >= 0.6 is 0 Å². The molecule has 3 aromatic rings. The Kier molecular flexibility index (Phi) is 5.80. The van der Waals surface area contributed by atoms with Crippen molar-refractivity contribution in [2.24, 2.45) is 0 Å². The zero-order valence-electron chi connectivity index (χ0n) is 13.8. The second-order valence-corrected chi connectivity index (χ2v) is 5.39. The quantitative estimate of drug-likeness (QED) is 0.688. The molecule has 0 saturated carbocycles. The minimum atomic E-state index is -1.47. The van der Waals surface area contributed by atoms with Crippen LogP contribution in [0.25, 0.3) is 10.8 Å². The molecular weight excluding hydrogens is 339 g/mol. The topological polar surface area (TPSA) is 91.7 Å². The first kappa shape index (κ1) is 18.8. The van der Waals surface area contributed by atoms with Crippen molar-refractivity contribution in [3.8, 4) is 0 Å². The second kappa shape index (κ2) is 8.02. The van der Waals surface area contributed by atoms with Crippen LogP contribution in [0.1, 0.15) is 36.6 Å². The molecular formula is C20H15FO5. The van der Waals surface area contributed by atoms with Crippen LogP contribution in [-0.2, 0) is 0 Å². The fraction of sp³-hybridized carbons (Fsp3) is 0.0500. The molecule has 0 aromatic heterocycles. The van der Waals surface area contributed by atoms with Crippen molar-refractivity contribution < 1.29 is 29.0 Å². The van der Waals surface area contributed by atoms with E-state index in [2.05, 4.69) is 0 Å². The van der Waals surface area contributed by atoms with Gasteiger partial charge >= 0.3 is 11.9 Å². The Bertz CT molecular complexity index is 989. The third-order valence-electron chi connectivity index (χ3n) is 3.81. The van der Waals surface area contributed by atoms with E-state index in [1.54, 1.807) is 0 Å². The van der Waals surface area contributed by atoms with E-state index >= 15 is 0 Å². The number of benzene rings is 3. The molecule has 0 atom stereocenters. The van der Waals surface area contributed by atoms with Gasteiger partial charge in [-0.2, -0.15) is 0 Å². The Morgan fingerprint density at radius 2 is 1.58 bits per heavy atom. The van der Waals surface area contributed by atoms with Gasteiger partial charge in [-0.3, -0.25) is 4.79 Å². The Labute approximate surface area is 148 Å². The largest absolute Gasteiger partial charge is 0.478 e. The smallest absolute Gasteiger partial charge is 0.338 e. The van der Waals surface area contributed by atoms with Crippen LogP contribution in [0.5, 0.6) is 0 Å². The Balaban J connectivity index is 0.000000189. The summed E-state index contributed by atoms with van der Waals surface area (Å²) < 4.78 is 13.0. The van der Waals surface area contributed by atoms with Gasteiger partial charge in [-0.25, -0.2) is 14.0 Å². The van der Waals surface area contributed by atoms with Gasteiger partial charge in [0.2, 0.25) is 0 Å². The number of carboxylic acid groups (broad SMARTS) is 2. The molecule has 5 nitrogen and oxygen atoms in total. The van der Waals surface area contributed by atoms with Crippen LogP contribution in [0.2, 0.25) is 0 Å². The molecule has 6 heteroatoms. The average Bonchev–Trinajstić information content (AvgIpc) is 2.61. The van der Waals surface area contributed by atoms with Crippen molar-refractivity contribution in [2.45, 2.75) is 6.92 Å². The van der Waals surface area contributed by atoms with Crippen molar-refractivity contribution >= 4 is 29.0 Å². The molecule has 3 rings (SSSR count). The van der Waals surface area contributed by atoms with Crippen molar-refractivity contribution in [3.05, 3.63) is 82.7 Å². The first-order valence-corrected chi connectivity index (χ1v) is 7.55. The Hall–Kier alpha value is -3.54. The van der Waals surface area contributed by atoms with Crippen molar-refractivity contribution in [2.75, 3.05) is 0 Å². The van der Waals surface area contributed by atoms with E-state index in [1.165, 1.54) is 6.92 Å². The van der Waals surface area contributed by atoms with E-state index in [-0.39, 0.29) is 11.1 Å². The van der Waals surface area contributed by atoms with E-state index in [0.717, 1.165) is 34.8 Å². The van der Waals surface area contributed by atoms with E-state index in [1.807, 2.05) is 42.5 Å². The fourth-order valence-corrected chi connectivity index (χ4v) is 2.53. The van der Waals surface area contributed by atoms with Crippen LogP contribution < -0.4 is 0 Å². The highest BCUT2D eigenvalue weighted by molar-refractivity contribution is 5.98. The summed E-state index contributed by atoms with van der Waals surface area (Å²) in [6, 6.07) is 15.5. The van der Waals surface area contributed by atoms with Crippen molar-refractivity contribution in [3.63, 3.8) is 0 Å². The first-order valence-electron chi connectivity index (χ1n) is 7.55. The van der Waals surface area contributed by atoms with E-state index in [9.17, 15) is 18.8 Å². The predicted molar refractivity (Wildman–Crippen MR) is 94.4 cm³/mol. The molecule has 0 bridgehead atoms. The van der Waals surface area contributed by atoms with Crippen LogP contribution in [0, 0.1) is 12.7 Å². The molecule has 0 aliphatic heterocycles. The SMILES string of the molecule is Cc1c(C(=O)O)ccc(F)c1C(=O)O.O=Cc1cccc2ccccc12. The maximum Gasteiger partial charge on any atom is 0.338 e. The van der Waals surface area contributed by atoms with Gasteiger partial charge in [0.15, 0.2) is 6.29 Å².